The highest BCUT2D eigenvalue weighted by molar-refractivity contribution is 6.02. The maximum atomic E-state index is 10.8. The van der Waals surface area contributed by atoms with Crippen LogP contribution in [0.25, 0.3) is 0 Å². The van der Waals surface area contributed by atoms with Crippen molar-refractivity contribution in [3.8, 4) is 0 Å². The number of imide groups is 1. The first-order valence-electron chi connectivity index (χ1n) is 2.93. The molecule has 0 aromatic rings. The Morgan fingerprint density at radius 1 is 1.50 bits per heavy atom. The number of rotatable bonds is 0. The van der Waals surface area contributed by atoms with Gasteiger partial charge in [0.15, 0.2) is 0 Å². The summed E-state index contributed by atoms with van der Waals surface area (Å²) >= 11 is 0. The van der Waals surface area contributed by atoms with Gasteiger partial charge < -0.3 is 0 Å². The predicted molar refractivity (Wildman–Crippen MR) is 38.3 cm³/mol. The standard InChI is InChI=1S/C6H9NO2.CH4/c1-4-3-5(8)7(2)6(4)9;/h4H,3H2,1-2H3;1H4. The molecule has 58 valence electrons. The average Bonchev–Trinajstić information content (AvgIpc) is 1.98. The molecule has 1 unspecified atom stereocenters. The monoisotopic (exact) mass is 143 g/mol. The second kappa shape index (κ2) is 2.82. The number of likely N-dealkylation sites (tertiary alicyclic amines) is 1. The van der Waals surface area contributed by atoms with Gasteiger partial charge in [-0.3, -0.25) is 14.5 Å². The second-order valence-corrected chi connectivity index (χ2v) is 2.40. The van der Waals surface area contributed by atoms with Crippen molar-refractivity contribution in [1.29, 1.82) is 0 Å². The number of amides is 2. The van der Waals surface area contributed by atoms with Crippen LogP contribution in [0.4, 0.5) is 0 Å². The lowest BCUT2D eigenvalue weighted by molar-refractivity contribution is -0.137. The number of hydrogen-bond donors (Lipinski definition) is 0. The Balaban J connectivity index is 0.000000810. The van der Waals surface area contributed by atoms with Crippen LogP contribution < -0.4 is 0 Å². The van der Waals surface area contributed by atoms with E-state index in [9.17, 15) is 9.59 Å². The van der Waals surface area contributed by atoms with Crippen LogP contribution in [0.2, 0.25) is 0 Å². The third-order valence-corrected chi connectivity index (χ3v) is 1.61. The fourth-order valence-corrected chi connectivity index (χ4v) is 0.940. The average molecular weight is 143 g/mol. The first-order valence-corrected chi connectivity index (χ1v) is 2.93. The van der Waals surface area contributed by atoms with E-state index in [2.05, 4.69) is 0 Å². The SMILES string of the molecule is C.CC1CC(=O)N(C)C1=O. The third kappa shape index (κ3) is 1.17. The van der Waals surface area contributed by atoms with Gasteiger partial charge >= 0.3 is 0 Å². The van der Waals surface area contributed by atoms with Crippen molar-refractivity contribution < 1.29 is 9.59 Å². The Bertz CT molecular complexity index is 165. The van der Waals surface area contributed by atoms with Crippen LogP contribution in [0, 0.1) is 5.92 Å². The zero-order chi connectivity index (χ0) is 7.02. The zero-order valence-electron chi connectivity index (χ0n) is 5.55. The van der Waals surface area contributed by atoms with Gasteiger partial charge in [0.25, 0.3) is 0 Å². The minimum Gasteiger partial charge on any atom is -0.286 e. The highest BCUT2D eigenvalue weighted by Gasteiger charge is 2.32. The van der Waals surface area contributed by atoms with Gasteiger partial charge in [-0.1, -0.05) is 14.4 Å². The van der Waals surface area contributed by atoms with Gasteiger partial charge in [-0.05, 0) is 0 Å². The summed E-state index contributed by atoms with van der Waals surface area (Å²) < 4.78 is 0. The summed E-state index contributed by atoms with van der Waals surface area (Å²) in [5, 5.41) is 0. The van der Waals surface area contributed by atoms with Crippen molar-refractivity contribution in [2.45, 2.75) is 20.8 Å². The molecule has 0 aromatic heterocycles. The van der Waals surface area contributed by atoms with Crippen molar-refractivity contribution >= 4 is 11.8 Å². The van der Waals surface area contributed by atoms with Gasteiger partial charge in [0.05, 0.1) is 0 Å². The van der Waals surface area contributed by atoms with Crippen molar-refractivity contribution in [2.24, 2.45) is 5.92 Å². The molecule has 1 fully saturated rings. The van der Waals surface area contributed by atoms with E-state index in [1.807, 2.05) is 0 Å². The van der Waals surface area contributed by atoms with Crippen LogP contribution in [0.1, 0.15) is 20.8 Å². The van der Waals surface area contributed by atoms with E-state index in [1.165, 1.54) is 11.9 Å². The molecule has 1 saturated heterocycles. The number of nitrogens with zero attached hydrogens (tertiary/aromatic N) is 1. The van der Waals surface area contributed by atoms with Gasteiger partial charge in [0.1, 0.15) is 0 Å². The quantitative estimate of drug-likeness (QED) is 0.467. The van der Waals surface area contributed by atoms with Crippen LogP contribution in [-0.2, 0) is 9.59 Å². The van der Waals surface area contributed by atoms with Crippen LogP contribution >= 0.6 is 0 Å². The van der Waals surface area contributed by atoms with Crippen molar-refractivity contribution in [1.82, 2.24) is 4.90 Å². The van der Waals surface area contributed by atoms with Crippen molar-refractivity contribution in [3.05, 3.63) is 0 Å². The molecule has 0 bridgehead atoms. The van der Waals surface area contributed by atoms with Gasteiger partial charge in [0.2, 0.25) is 11.8 Å². The Morgan fingerprint density at radius 3 is 2.10 bits per heavy atom. The van der Waals surface area contributed by atoms with Gasteiger partial charge in [-0.15, -0.1) is 0 Å². The van der Waals surface area contributed by atoms with E-state index in [0.29, 0.717) is 6.42 Å². The summed E-state index contributed by atoms with van der Waals surface area (Å²) in [6, 6.07) is 0. The second-order valence-electron chi connectivity index (χ2n) is 2.40. The minimum atomic E-state index is -0.0949. The molecule has 1 atom stereocenters. The number of hydrogen-bond acceptors (Lipinski definition) is 2. The molecule has 0 N–H and O–H groups in total. The summed E-state index contributed by atoms with van der Waals surface area (Å²) in [6.07, 6.45) is 0.384. The molecule has 1 heterocycles. The van der Waals surface area contributed by atoms with Crippen LogP contribution in [0.3, 0.4) is 0 Å². The van der Waals surface area contributed by atoms with E-state index in [-0.39, 0.29) is 25.2 Å². The number of carbonyl (C=O) groups is 2. The molecular formula is C7H13NO2. The molecule has 0 saturated carbocycles. The van der Waals surface area contributed by atoms with Crippen LogP contribution in [-0.4, -0.2) is 23.8 Å². The zero-order valence-corrected chi connectivity index (χ0v) is 5.55. The summed E-state index contributed by atoms with van der Waals surface area (Å²) in [4.78, 5) is 22.7. The largest absolute Gasteiger partial charge is 0.286 e. The Kier molecular flexibility index (Phi) is 2.57. The van der Waals surface area contributed by atoms with E-state index >= 15 is 0 Å². The number of carbonyl (C=O) groups excluding carboxylic acids is 2. The van der Waals surface area contributed by atoms with Gasteiger partial charge in [-0.25, -0.2) is 0 Å². The highest BCUT2D eigenvalue weighted by atomic mass is 16.2. The Morgan fingerprint density at radius 2 is 2.00 bits per heavy atom. The molecule has 0 radical (unpaired) electrons. The van der Waals surface area contributed by atoms with E-state index < -0.39 is 0 Å². The molecule has 0 aromatic carbocycles. The smallest absolute Gasteiger partial charge is 0.232 e. The molecule has 3 nitrogen and oxygen atoms in total. The van der Waals surface area contributed by atoms with Crippen LogP contribution in [0.15, 0.2) is 0 Å². The van der Waals surface area contributed by atoms with Crippen LogP contribution in [0.5, 0.6) is 0 Å². The predicted octanol–water partition coefficient (Wildman–Crippen LogP) is 0.647. The van der Waals surface area contributed by atoms with Crippen molar-refractivity contribution in [3.63, 3.8) is 0 Å². The molecule has 1 aliphatic rings. The fraction of sp³-hybridized carbons (Fsp3) is 0.714. The maximum absolute atomic E-state index is 10.8. The molecule has 10 heavy (non-hydrogen) atoms. The lowest BCUT2D eigenvalue weighted by atomic mass is 10.1. The molecule has 1 rings (SSSR count). The topological polar surface area (TPSA) is 37.4 Å². The van der Waals surface area contributed by atoms with E-state index in [1.54, 1.807) is 6.92 Å². The Hall–Kier alpha value is -0.860. The fourth-order valence-electron chi connectivity index (χ4n) is 0.940. The molecule has 3 heteroatoms. The summed E-state index contributed by atoms with van der Waals surface area (Å²) in [7, 11) is 1.52. The highest BCUT2D eigenvalue weighted by Crippen LogP contribution is 2.15. The van der Waals surface area contributed by atoms with E-state index in [4.69, 9.17) is 0 Å². The lowest BCUT2D eigenvalue weighted by Gasteiger charge is -2.03. The molecule has 1 aliphatic heterocycles. The maximum Gasteiger partial charge on any atom is 0.232 e. The lowest BCUT2D eigenvalue weighted by Crippen LogP contribution is -2.24. The third-order valence-electron chi connectivity index (χ3n) is 1.61. The minimum absolute atomic E-state index is 0. The molecule has 2 amide bonds. The summed E-state index contributed by atoms with van der Waals surface area (Å²) in [5.41, 5.74) is 0. The molecule has 0 aliphatic carbocycles. The van der Waals surface area contributed by atoms with E-state index in [0.717, 1.165) is 0 Å². The summed E-state index contributed by atoms with van der Waals surface area (Å²) in [6.45, 7) is 1.77. The van der Waals surface area contributed by atoms with Crippen molar-refractivity contribution in [2.75, 3.05) is 7.05 Å². The van der Waals surface area contributed by atoms with Gasteiger partial charge in [-0.2, -0.15) is 0 Å². The molecule has 0 spiro atoms. The summed E-state index contributed by atoms with van der Waals surface area (Å²) in [5.74, 6) is -0.213. The first-order chi connectivity index (χ1) is 4.13. The van der Waals surface area contributed by atoms with Gasteiger partial charge in [0, 0.05) is 19.4 Å². The molecular weight excluding hydrogens is 130 g/mol. The normalized spacial score (nSPS) is 25.0. The first kappa shape index (κ1) is 9.14. The Labute approximate surface area is 61.0 Å².